The molecule has 1 unspecified atom stereocenters. The van der Waals surface area contributed by atoms with Gasteiger partial charge in [-0.3, -0.25) is 0 Å². The molecule has 2 nitrogen and oxygen atoms in total. The van der Waals surface area contributed by atoms with E-state index in [0.29, 0.717) is 12.2 Å². The number of benzene rings is 1. The lowest BCUT2D eigenvalue weighted by molar-refractivity contribution is -0.138. The fourth-order valence-corrected chi connectivity index (χ4v) is 1.34. The van der Waals surface area contributed by atoms with Crippen LogP contribution in [-0.4, -0.2) is 12.6 Å². The van der Waals surface area contributed by atoms with E-state index in [-0.39, 0.29) is 11.9 Å². The highest BCUT2D eigenvalue weighted by Crippen LogP contribution is 2.22. The van der Waals surface area contributed by atoms with Crippen molar-refractivity contribution in [2.75, 3.05) is 6.61 Å². The first kappa shape index (κ1) is 11.5. The van der Waals surface area contributed by atoms with Gasteiger partial charge in [-0.2, -0.15) is 0 Å². The topological polar surface area (TPSA) is 26.3 Å². The first-order valence-electron chi connectivity index (χ1n) is 5.07. The quantitative estimate of drug-likeness (QED) is 0.557. The predicted octanol–water partition coefficient (Wildman–Crippen LogP) is 2.91. The third kappa shape index (κ3) is 2.94. The van der Waals surface area contributed by atoms with Gasteiger partial charge in [-0.15, -0.1) is 0 Å². The van der Waals surface area contributed by atoms with E-state index in [2.05, 4.69) is 6.58 Å². The second-order valence-electron chi connectivity index (χ2n) is 3.38. The van der Waals surface area contributed by atoms with Gasteiger partial charge < -0.3 is 4.74 Å². The summed E-state index contributed by atoms with van der Waals surface area (Å²) >= 11 is 0. The van der Waals surface area contributed by atoms with E-state index < -0.39 is 0 Å². The van der Waals surface area contributed by atoms with Crippen LogP contribution >= 0.6 is 0 Å². The largest absolute Gasteiger partial charge is 0.463 e. The maximum Gasteiger partial charge on any atom is 0.334 e. The summed E-state index contributed by atoms with van der Waals surface area (Å²) in [6.45, 7) is 7.91. The molecule has 0 spiro atoms. The van der Waals surface area contributed by atoms with E-state index in [0.717, 1.165) is 5.56 Å². The number of esters is 1. The Morgan fingerprint density at radius 2 is 2.00 bits per heavy atom. The van der Waals surface area contributed by atoms with Gasteiger partial charge in [0.25, 0.3) is 0 Å². The zero-order valence-corrected chi connectivity index (χ0v) is 9.19. The zero-order valence-electron chi connectivity index (χ0n) is 9.19. The van der Waals surface area contributed by atoms with Crippen LogP contribution in [0.5, 0.6) is 0 Å². The molecule has 2 heteroatoms. The molecular formula is C13H16O2. The van der Waals surface area contributed by atoms with Crippen LogP contribution in [0.25, 0.3) is 0 Å². The Kier molecular flexibility index (Phi) is 4.10. The van der Waals surface area contributed by atoms with Crippen LogP contribution in [0.1, 0.15) is 25.3 Å². The molecule has 1 rings (SSSR count). The number of ether oxygens (including phenoxy) is 1. The van der Waals surface area contributed by atoms with Gasteiger partial charge in [-0.1, -0.05) is 43.8 Å². The van der Waals surface area contributed by atoms with Crippen LogP contribution in [-0.2, 0) is 9.53 Å². The highest BCUT2D eigenvalue weighted by molar-refractivity contribution is 5.89. The first-order valence-corrected chi connectivity index (χ1v) is 5.07. The van der Waals surface area contributed by atoms with Gasteiger partial charge in [-0.25, -0.2) is 4.79 Å². The Bertz CT molecular complexity index is 341. The Labute approximate surface area is 90.6 Å². The van der Waals surface area contributed by atoms with Crippen molar-refractivity contribution in [2.45, 2.75) is 19.8 Å². The number of hydrogen-bond acceptors (Lipinski definition) is 2. The van der Waals surface area contributed by atoms with E-state index >= 15 is 0 Å². The molecular weight excluding hydrogens is 188 g/mol. The minimum Gasteiger partial charge on any atom is -0.463 e. The number of carbonyl (C=O) groups excluding carboxylic acids is 1. The molecule has 0 radical (unpaired) electrons. The molecule has 0 aliphatic carbocycles. The lowest BCUT2D eigenvalue weighted by Gasteiger charge is -2.13. The first-order chi connectivity index (χ1) is 7.16. The summed E-state index contributed by atoms with van der Waals surface area (Å²) in [5.74, 6) is -0.306. The normalized spacial score (nSPS) is 11.9. The van der Waals surface area contributed by atoms with Gasteiger partial charge in [-0.05, 0) is 12.5 Å². The molecule has 0 aliphatic rings. The predicted molar refractivity (Wildman–Crippen MR) is 60.6 cm³/mol. The second-order valence-corrected chi connectivity index (χ2v) is 3.38. The van der Waals surface area contributed by atoms with Crippen molar-refractivity contribution < 1.29 is 9.53 Å². The lowest BCUT2D eigenvalue weighted by atomic mass is 9.94. The van der Waals surface area contributed by atoms with Crippen molar-refractivity contribution in [2.24, 2.45) is 0 Å². The third-order valence-corrected chi connectivity index (χ3v) is 2.36. The number of hydrogen-bond donors (Lipinski definition) is 0. The van der Waals surface area contributed by atoms with Gasteiger partial charge in [0.2, 0.25) is 0 Å². The van der Waals surface area contributed by atoms with Crippen molar-refractivity contribution in [1.82, 2.24) is 0 Å². The lowest BCUT2D eigenvalue weighted by Crippen LogP contribution is -2.11. The standard InChI is InChI=1S/C13H16O2/c1-4-15-13(14)11(3)10(2)12-8-6-5-7-9-12/h5-10H,3-4H2,1-2H3. The average molecular weight is 204 g/mol. The highest BCUT2D eigenvalue weighted by Gasteiger charge is 2.16. The summed E-state index contributed by atoms with van der Waals surface area (Å²) in [5.41, 5.74) is 1.58. The van der Waals surface area contributed by atoms with Gasteiger partial charge in [0.15, 0.2) is 0 Å². The molecule has 0 saturated carbocycles. The summed E-state index contributed by atoms with van der Waals surface area (Å²) < 4.78 is 4.91. The molecule has 0 saturated heterocycles. The summed E-state index contributed by atoms with van der Waals surface area (Å²) in [4.78, 5) is 11.4. The van der Waals surface area contributed by atoms with Gasteiger partial charge in [0.1, 0.15) is 0 Å². The average Bonchev–Trinajstić information content (AvgIpc) is 2.28. The molecule has 0 aliphatic heterocycles. The molecule has 1 aromatic rings. The Hall–Kier alpha value is -1.57. The Morgan fingerprint density at radius 3 is 2.53 bits per heavy atom. The van der Waals surface area contributed by atoms with Crippen molar-refractivity contribution in [3.63, 3.8) is 0 Å². The molecule has 0 heterocycles. The van der Waals surface area contributed by atoms with E-state index in [4.69, 9.17) is 4.74 Å². The molecule has 0 N–H and O–H groups in total. The maximum absolute atomic E-state index is 11.4. The molecule has 0 aromatic heterocycles. The van der Waals surface area contributed by atoms with Crippen LogP contribution < -0.4 is 0 Å². The van der Waals surface area contributed by atoms with Crippen molar-refractivity contribution in [1.29, 1.82) is 0 Å². The summed E-state index contributed by atoms with van der Waals surface area (Å²) in [6, 6.07) is 9.81. The zero-order chi connectivity index (χ0) is 11.3. The van der Waals surface area contributed by atoms with Gasteiger partial charge >= 0.3 is 5.97 Å². The summed E-state index contributed by atoms with van der Waals surface area (Å²) in [6.07, 6.45) is 0. The monoisotopic (exact) mass is 204 g/mol. The van der Waals surface area contributed by atoms with Crippen molar-refractivity contribution in [3.05, 3.63) is 48.0 Å². The second kappa shape index (κ2) is 5.35. The molecule has 1 atom stereocenters. The Balaban J connectivity index is 2.73. The van der Waals surface area contributed by atoms with E-state index in [1.165, 1.54) is 0 Å². The minimum absolute atomic E-state index is 0.00486. The Morgan fingerprint density at radius 1 is 1.40 bits per heavy atom. The number of rotatable bonds is 4. The van der Waals surface area contributed by atoms with Crippen molar-refractivity contribution >= 4 is 5.97 Å². The van der Waals surface area contributed by atoms with E-state index in [1.807, 2.05) is 37.3 Å². The van der Waals surface area contributed by atoms with Crippen LogP contribution in [0.2, 0.25) is 0 Å². The van der Waals surface area contributed by atoms with Crippen molar-refractivity contribution in [3.8, 4) is 0 Å². The fourth-order valence-electron chi connectivity index (χ4n) is 1.34. The molecule has 80 valence electrons. The SMILES string of the molecule is C=C(C(=O)OCC)C(C)c1ccccc1. The van der Waals surface area contributed by atoms with E-state index in [9.17, 15) is 4.79 Å². The van der Waals surface area contributed by atoms with Crippen LogP contribution in [0.4, 0.5) is 0 Å². The molecule has 1 aromatic carbocycles. The molecule has 15 heavy (non-hydrogen) atoms. The van der Waals surface area contributed by atoms with Crippen LogP contribution in [0.15, 0.2) is 42.5 Å². The summed E-state index contributed by atoms with van der Waals surface area (Å²) in [5, 5.41) is 0. The summed E-state index contributed by atoms with van der Waals surface area (Å²) in [7, 11) is 0. The fraction of sp³-hybridized carbons (Fsp3) is 0.308. The molecule has 0 fully saturated rings. The maximum atomic E-state index is 11.4. The van der Waals surface area contributed by atoms with E-state index in [1.54, 1.807) is 6.92 Å². The van der Waals surface area contributed by atoms with Gasteiger partial charge in [0.05, 0.1) is 6.61 Å². The minimum atomic E-state index is -0.311. The number of carbonyl (C=O) groups is 1. The van der Waals surface area contributed by atoms with Gasteiger partial charge in [0, 0.05) is 11.5 Å². The third-order valence-electron chi connectivity index (χ3n) is 2.36. The molecule has 0 bridgehead atoms. The van der Waals surface area contributed by atoms with Crippen LogP contribution in [0, 0.1) is 0 Å². The molecule has 0 amide bonds. The smallest absolute Gasteiger partial charge is 0.334 e. The van der Waals surface area contributed by atoms with Crippen LogP contribution in [0.3, 0.4) is 0 Å². The highest BCUT2D eigenvalue weighted by atomic mass is 16.5.